The minimum atomic E-state index is 1.11. The summed E-state index contributed by atoms with van der Waals surface area (Å²) in [6.45, 7) is 0. The minimum Gasteiger partial charge on any atom is -0.0502 e. The van der Waals surface area contributed by atoms with Gasteiger partial charge in [0, 0.05) is 17.9 Å². The molecule has 0 unspecified atom stereocenters. The van der Waals surface area contributed by atoms with Gasteiger partial charge in [0.25, 0.3) is 0 Å². The molecule has 0 saturated heterocycles. The van der Waals surface area contributed by atoms with Crippen LogP contribution in [0.3, 0.4) is 0 Å². The Morgan fingerprint density at radius 3 is 0.889 bits per heavy atom. The average Bonchev–Trinajstić information content (AvgIpc) is 2.37. The van der Waals surface area contributed by atoms with Gasteiger partial charge in [-0.05, 0) is 57.9 Å². The predicted molar refractivity (Wildman–Crippen MR) is 92.3 cm³/mol. The van der Waals surface area contributed by atoms with Crippen LogP contribution in [0.1, 0.15) is 0 Å². The lowest BCUT2D eigenvalue weighted by molar-refractivity contribution is 1.66. The van der Waals surface area contributed by atoms with Gasteiger partial charge < -0.3 is 0 Å². The fourth-order valence-electron chi connectivity index (χ4n) is 2.04. The van der Waals surface area contributed by atoms with Crippen LogP contribution in [0.5, 0.6) is 0 Å². The van der Waals surface area contributed by atoms with Crippen LogP contribution < -0.4 is 0 Å². The van der Waals surface area contributed by atoms with Gasteiger partial charge in [0.1, 0.15) is 0 Å². The number of rotatable bonds is 0. The molecule has 3 aromatic rings. The van der Waals surface area contributed by atoms with Gasteiger partial charge in [0.2, 0.25) is 0 Å². The minimum absolute atomic E-state index is 1.11. The van der Waals surface area contributed by atoms with Crippen molar-refractivity contribution in [2.24, 2.45) is 0 Å². The molecule has 18 heavy (non-hydrogen) atoms. The van der Waals surface area contributed by atoms with Gasteiger partial charge in [-0.15, -0.1) is 0 Å². The van der Waals surface area contributed by atoms with Crippen LogP contribution in [0.4, 0.5) is 0 Å². The summed E-state index contributed by atoms with van der Waals surface area (Å²) >= 11 is 14.4. The normalized spacial score (nSPS) is 11.3. The summed E-state index contributed by atoms with van der Waals surface area (Å²) in [6.07, 6.45) is 0. The zero-order valence-corrected chi connectivity index (χ0v) is 15.3. The van der Waals surface area contributed by atoms with E-state index in [0.717, 1.165) is 17.9 Å². The van der Waals surface area contributed by atoms with E-state index in [1.54, 1.807) is 0 Å². The molecule has 0 fully saturated rings. The molecule has 0 atom stereocenters. The van der Waals surface area contributed by atoms with Crippen molar-refractivity contribution < 1.29 is 0 Å². The van der Waals surface area contributed by atoms with Crippen molar-refractivity contribution >= 4 is 85.3 Å². The Morgan fingerprint density at radius 1 is 0.444 bits per heavy atom. The van der Waals surface area contributed by atoms with Crippen LogP contribution in [0.15, 0.2) is 54.3 Å². The van der Waals surface area contributed by atoms with Gasteiger partial charge in [-0.1, -0.05) is 63.7 Å². The molecule has 0 aliphatic heterocycles. The second-order valence-electron chi connectivity index (χ2n) is 4.00. The van der Waals surface area contributed by atoms with E-state index in [0.29, 0.717) is 0 Å². The Kier molecular flexibility index (Phi) is 3.56. The maximum atomic E-state index is 3.61. The summed E-state index contributed by atoms with van der Waals surface area (Å²) in [6, 6.07) is 12.6. The molecular weight excluding hydrogens is 488 g/mol. The average molecular weight is 494 g/mol. The highest BCUT2D eigenvalue weighted by Crippen LogP contribution is 2.38. The monoisotopic (exact) mass is 490 g/mol. The predicted octanol–water partition coefficient (Wildman–Crippen LogP) is 7.04. The Morgan fingerprint density at radius 2 is 0.667 bits per heavy atom. The largest absolute Gasteiger partial charge is 0.0502 e. The lowest BCUT2D eigenvalue weighted by Crippen LogP contribution is -1.82. The SMILES string of the molecule is Brc1ccc(Br)c2cc3c(Br)ccc(Br)c3cc12. The number of hydrogen-bond donors (Lipinski definition) is 0. The van der Waals surface area contributed by atoms with E-state index in [2.05, 4.69) is 100 Å². The summed E-state index contributed by atoms with van der Waals surface area (Å²) in [4.78, 5) is 0. The molecular formula is C14H6Br4. The molecule has 0 saturated carbocycles. The maximum absolute atomic E-state index is 3.61. The molecule has 0 aromatic heterocycles. The Balaban J connectivity index is 2.59. The lowest BCUT2D eigenvalue weighted by atomic mass is 10.0. The first-order valence-electron chi connectivity index (χ1n) is 5.23. The van der Waals surface area contributed by atoms with Gasteiger partial charge >= 0.3 is 0 Å². The van der Waals surface area contributed by atoms with Gasteiger partial charge in [-0.3, -0.25) is 0 Å². The van der Waals surface area contributed by atoms with E-state index >= 15 is 0 Å². The van der Waals surface area contributed by atoms with Crippen molar-refractivity contribution in [3.8, 4) is 0 Å². The molecule has 4 heteroatoms. The Hall–Kier alpha value is 0.1000. The molecule has 0 aliphatic carbocycles. The summed E-state index contributed by atoms with van der Waals surface area (Å²) in [5.41, 5.74) is 0. The smallest absolute Gasteiger partial charge is 0.0254 e. The van der Waals surface area contributed by atoms with Gasteiger partial charge in [0.15, 0.2) is 0 Å². The molecule has 0 amide bonds. The highest BCUT2D eigenvalue weighted by Gasteiger charge is 2.08. The molecule has 3 aromatic carbocycles. The van der Waals surface area contributed by atoms with Gasteiger partial charge in [-0.2, -0.15) is 0 Å². The first-order chi connectivity index (χ1) is 8.58. The van der Waals surface area contributed by atoms with Crippen LogP contribution in [0, 0.1) is 0 Å². The van der Waals surface area contributed by atoms with Crippen molar-refractivity contribution in [2.45, 2.75) is 0 Å². The Bertz CT molecular complexity index is 649. The second-order valence-corrected chi connectivity index (χ2v) is 7.42. The van der Waals surface area contributed by atoms with Crippen molar-refractivity contribution in [1.82, 2.24) is 0 Å². The number of halogens is 4. The summed E-state index contributed by atoms with van der Waals surface area (Å²) in [7, 11) is 0. The van der Waals surface area contributed by atoms with Crippen molar-refractivity contribution in [1.29, 1.82) is 0 Å². The van der Waals surface area contributed by atoms with E-state index in [-0.39, 0.29) is 0 Å². The van der Waals surface area contributed by atoms with Crippen LogP contribution >= 0.6 is 63.7 Å². The lowest BCUT2D eigenvalue weighted by Gasteiger charge is -2.09. The standard InChI is InChI=1S/C14H6Br4/c15-11-1-2-12(16)8-6-10-9(5-7(8)11)13(17)3-4-14(10)18/h1-6H. The zero-order chi connectivity index (χ0) is 12.9. The van der Waals surface area contributed by atoms with Crippen molar-refractivity contribution in [2.75, 3.05) is 0 Å². The summed E-state index contributed by atoms with van der Waals surface area (Å²) in [5.74, 6) is 0. The molecule has 0 heterocycles. The molecule has 3 rings (SSSR count). The quantitative estimate of drug-likeness (QED) is 0.295. The molecule has 0 nitrogen and oxygen atoms in total. The van der Waals surface area contributed by atoms with Gasteiger partial charge in [0.05, 0.1) is 0 Å². The number of fused-ring (bicyclic) bond motifs is 2. The highest BCUT2D eigenvalue weighted by atomic mass is 79.9. The van der Waals surface area contributed by atoms with Gasteiger partial charge in [-0.25, -0.2) is 0 Å². The third-order valence-corrected chi connectivity index (χ3v) is 5.70. The fourth-order valence-corrected chi connectivity index (χ4v) is 3.88. The maximum Gasteiger partial charge on any atom is 0.0254 e. The molecule has 90 valence electrons. The van der Waals surface area contributed by atoms with Crippen LogP contribution in [-0.2, 0) is 0 Å². The summed E-state index contributed by atoms with van der Waals surface area (Å²) < 4.78 is 4.42. The second kappa shape index (κ2) is 4.89. The van der Waals surface area contributed by atoms with Crippen LogP contribution in [0.2, 0.25) is 0 Å². The molecule has 0 spiro atoms. The Labute approximate surface area is 138 Å². The third-order valence-electron chi connectivity index (χ3n) is 2.94. The van der Waals surface area contributed by atoms with E-state index in [9.17, 15) is 0 Å². The van der Waals surface area contributed by atoms with Crippen molar-refractivity contribution in [3.05, 3.63) is 54.3 Å². The first kappa shape index (κ1) is 13.1. The fraction of sp³-hybridized carbons (Fsp3) is 0. The molecule has 0 N–H and O–H groups in total. The highest BCUT2D eigenvalue weighted by molar-refractivity contribution is 9.11. The molecule has 0 aliphatic rings. The number of hydrogen-bond acceptors (Lipinski definition) is 0. The van der Waals surface area contributed by atoms with E-state index in [1.807, 2.05) is 0 Å². The van der Waals surface area contributed by atoms with Crippen molar-refractivity contribution in [3.63, 3.8) is 0 Å². The number of benzene rings is 3. The first-order valence-corrected chi connectivity index (χ1v) is 8.40. The summed E-state index contributed by atoms with van der Waals surface area (Å²) in [5, 5.41) is 4.82. The van der Waals surface area contributed by atoms with Crippen LogP contribution in [-0.4, -0.2) is 0 Å². The van der Waals surface area contributed by atoms with E-state index < -0.39 is 0 Å². The van der Waals surface area contributed by atoms with Crippen LogP contribution in [0.25, 0.3) is 21.5 Å². The van der Waals surface area contributed by atoms with E-state index in [4.69, 9.17) is 0 Å². The molecule has 0 radical (unpaired) electrons. The zero-order valence-electron chi connectivity index (χ0n) is 8.98. The third kappa shape index (κ3) is 2.07. The molecule has 0 bridgehead atoms. The topological polar surface area (TPSA) is 0 Å². The van der Waals surface area contributed by atoms with E-state index in [1.165, 1.54) is 21.5 Å².